The predicted molar refractivity (Wildman–Crippen MR) is 142 cm³/mol. The third-order valence-electron chi connectivity index (χ3n) is 6.79. The van der Waals surface area contributed by atoms with Gasteiger partial charge >= 0.3 is 0 Å². The summed E-state index contributed by atoms with van der Waals surface area (Å²) in [6, 6.07) is 17.7. The third kappa shape index (κ3) is 4.64. The average molecular weight is 509 g/mol. The van der Waals surface area contributed by atoms with Gasteiger partial charge in [-0.1, -0.05) is 18.2 Å². The van der Waals surface area contributed by atoms with Crippen LogP contribution in [0.5, 0.6) is 5.75 Å². The fourth-order valence-corrected chi connectivity index (χ4v) is 4.85. The predicted octanol–water partition coefficient (Wildman–Crippen LogP) is 4.49. The van der Waals surface area contributed by atoms with Gasteiger partial charge in [-0.05, 0) is 67.8 Å². The fourth-order valence-electron chi connectivity index (χ4n) is 4.85. The molecule has 0 spiro atoms. The lowest BCUT2D eigenvalue weighted by Gasteiger charge is -2.27. The van der Waals surface area contributed by atoms with E-state index >= 15 is 0 Å². The van der Waals surface area contributed by atoms with E-state index in [1.54, 1.807) is 24.8 Å². The molecule has 3 aromatic rings. The molecule has 1 unspecified atom stereocenters. The van der Waals surface area contributed by atoms with Gasteiger partial charge in [-0.2, -0.15) is 10.4 Å². The zero-order valence-corrected chi connectivity index (χ0v) is 21.6. The lowest BCUT2D eigenvalue weighted by atomic mass is 9.93. The van der Waals surface area contributed by atoms with Crippen LogP contribution in [0.4, 0.5) is 0 Å². The normalized spacial score (nSPS) is 18.1. The van der Waals surface area contributed by atoms with Crippen LogP contribution in [0.15, 0.2) is 71.4 Å². The second kappa shape index (κ2) is 10.5. The number of rotatable bonds is 7. The molecule has 2 aromatic carbocycles. The third-order valence-corrected chi connectivity index (χ3v) is 6.79. The zero-order valence-electron chi connectivity index (χ0n) is 21.6. The second-order valence-corrected chi connectivity index (χ2v) is 9.45. The minimum absolute atomic E-state index is 0.0334. The highest BCUT2D eigenvalue weighted by molar-refractivity contribution is 6.19. The van der Waals surface area contributed by atoms with E-state index in [-0.39, 0.29) is 18.2 Å². The smallest absolute Gasteiger partial charge is 0.271 e. The highest BCUT2D eigenvalue weighted by Crippen LogP contribution is 2.35. The Balaban J connectivity index is 1.64. The van der Waals surface area contributed by atoms with E-state index < -0.39 is 11.8 Å². The van der Waals surface area contributed by atoms with E-state index in [0.717, 1.165) is 33.9 Å². The Morgan fingerprint density at radius 2 is 1.97 bits per heavy atom. The van der Waals surface area contributed by atoms with Gasteiger partial charge in [0.15, 0.2) is 0 Å². The first-order valence-electron chi connectivity index (χ1n) is 12.5. The zero-order chi connectivity index (χ0) is 26.8. The first-order chi connectivity index (χ1) is 18.4. The number of aromatic nitrogens is 2. The highest BCUT2D eigenvalue weighted by atomic mass is 16.5. The van der Waals surface area contributed by atoms with Gasteiger partial charge in [-0.3, -0.25) is 14.5 Å². The number of fused-ring (bicyclic) bond motifs is 1. The molecule has 0 N–H and O–H groups in total. The molecule has 0 saturated heterocycles. The van der Waals surface area contributed by atoms with E-state index in [0.29, 0.717) is 35.4 Å². The van der Waals surface area contributed by atoms with E-state index in [4.69, 9.17) is 14.6 Å². The molecule has 1 atom stereocenters. The summed E-state index contributed by atoms with van der Waals surface area (Å²) in [6.07, 6.45) is 5.00. The van der Waals surface area contributed by atoms with Crippen LogP contribution in [0.3, 0.4) is 0 Å². The number of carbonyl (C=O) groups excluding carboxylic acids is 2. The van der Waals surface area contributed by atoms with Crippen LogP contribution >= 0.6 is 0 Å². The van der Waals surface area contributed by atoms with Crippen molar-refractivity contribution in [3.63, 3.8) is 0 Å². The lowest BCUT2D eigenvalue weighted by Crippen LogP contribution is -2.43. The molecule has 0 aliphatic carbocycles. The number of nitrogens with zero attached hydrogens (tertiary/aromatic N) is 4. The van der Waals surface area contributed by atoms with Crippen LogP contribution < -0.4 is 4.74 Å². The number of hydrogen-bond acceptors (Lipinski definition) is 6. The molecule has 0 saturated carbocycles. The van der Waals surface area contributed by atoms with Crippen molar-refractivity contribution in [3.05, 3.63) is 82.6 Å². The van der Waals surface area contributed by atoms with Crippen molar-refractivity contribution in [3.8, 4) is 28.8 Å². The van der Waals surface area contributed by atoms with Gasteiger partial charge in [0.05, 0.1) is 11.4 Å². The van der Waals surface area contributed by atoms with E-state index in [2.05, 4.69) is 6.07 Å². The molecule has 0 bridgehead atoms. The molecule has 3 heterocycles. The first kappa shape index (κ1) is 25.2. The molecule has 5 rings (SSSR count). The average Bonchev–Trinajstić information content (AvgIpc) is 3.51. The van der Waals surface area contributed by atoms with Crippen LogP contribution in [0, 0.1) is 11.3 Å². The van der Waals surface area contributed by atoms with Crippen LogP contribution in [0.2, 0.25) is 0 Å². The van der Waals surface area contributed by atoms with E-state index in [1.807, 2.05) is 61.7 Å². The molecule has 8 heteroatoms. The molecular formula is C30H28N4O4. The van der Waals surface area contributed by atoms with Gasteiger partial charge in [-0.15, -0.1) is 0 Å². The summed E-state index contributed by atoms with van der Waals surface area (Å²) in [6.45, 7) is 4.24. The summed E-state index contributed by atoms with van der Waals surface area (Å²) >= 11 is 0. The SMILES string of the molecule is COCCCN1C(=O)C(C#N)=C(C)/C(=C\c2cn(-c3ccccc3)nc2-c2ccc3c(c2)CC(C)O3)C1=O. The largest absolute Gasteiger partial charge is 0.490 e. The van der Waals surface area contributed by atoms with Crippen molar-refractivity contribution < 1.29 is 19.1 Å². The van der Waals surface area contributed by atoms with Crippen molar-refractivity contribution >= 4 is 17.9 Å². The summed E-state index contributed by atoms with van der Waals surface area (Å²) < 4.78 is 12.7. The summed E-state index contributed by atoms with van der Waals surface area (Å²) in [5.41, 5.74) is 4.88. The molecule has 0 fully saturated rings. The van der Waals surface area contributed by atoms with E-state index in [9.17, 15) is 14.9 Å². The Morgan fingerprint density at radius 3 is 2.71 bits per heavy atom. The van der Waals surface area contributed by atoms with Gasteiger partial charge in [-0.25, -0.2) is 4.68 Å². The van der Waals surface area contributed by atoms with Crippen LogP contribution in [0.1, 0.15) is 31.4 Å². The first-order valence-corrected chi connectivity index (χ1v) is 12.5. The number of carbonyl (C=O) groups is 2. The fraction of sp³-hybridized carbons (Fsp3) is 0.267. The Hall–Kier alpha value is -4.48. The molecule has 0 radical (unpaired) electrons. The van der Waals surface area contributed by atoms with Crippen molar-refractivity contribution in [2.24, 2.45) is 0 Å². The van der Waals surface area contributed by atoms with Crippen molar-refractivity contribution in [1.29, 1.82) is 5.26 Å². The molecule has 8 nitrogen and oxygen atoms in total. The summed E-state index contributed by atoms with van der Waals surface area (Å²) in [5.74, 6) is -0.137. The Morgan fingerprint density at radius 1 is 1.18 bits per heavy atom. The molecule has 2 aliphatic heterocycles. The Kier molecular flexibility index (Phi) is 6.95. The highest BCUT2D eigenvalue weighted by Gasteiger charge is 2.35. The molecule has 1 aromatic heterocycles. The van der Waals surface area contributed by atoms with Gasteiger partial charge in [0.2, 0.25) is 0 Å². The summed E-state index contributed by atoms with van der Waals surface area (Å²) in [7, 11) is 1.56. The molecular weight excluding hydrogens is 480 g/mol. The number of hydrogen-bond donors (Lipinski definition) is 0. The number of para-hydroxylation sites is 1. The number of amides is 2. The number of methoxy groups -OCH3 is 1. The quantitative estimate of drug-likeness (QED) is 0.265. The molecule has 2 aliphatic rings. The standard InChI is InChI=1S/C30H28N4O4/c1-19-14-22-15-21(10-11-27(22)38-19)28-23(18-34(32-28)24-8-5-4-6-9-24)16-25-20(2)26(17-31)30(36)33(29(25)35)12-7-13-37-3/h4-6,8-11,15-16,18-19H,7,12-14H2,1-3H3/b25-16+. The maximum absolute atomic E-state index is 13.5. The minimum atomic E-state index is -0.573. The number of benzene rings is 2. The molecule has 192 valence electrons. The van der Waals surface area contributed by atoms with Gasteiger partial charge in [0.1, 0.15) is 23.5 Å². The maximum Gasteiger partial charge on any atom is 0.271 e. The van der Waals surface area contributed by atoms with Crippen LogP contribution in [-0.4, -0.2) is 52.9 Å². The number of ether oxygens (including phenoxy) is 2. The lowest BCUT2D eigenvalue weighted by molar-refractivity contribution is -0.140. The van der Waals surface area contributed by atoms with Crippen molar-refractivity contribution in [2.45, 2.75) is 32.8 Å². The minimum Gasteiger partial charge on any atom is -0.490 e. The second-order valence-electron chi connectivity index (χ2n) is 9.45. The molecule has 38 heavy (non-hydrogen) atoms. The van der Waals surface area contributed by atoms with Crippen LogP contribution in [0.25, 0.3) is 23.0 Å². The number of nitriles is 1. The van der Waals surface area contributed by atoms with E-state index in [1.165, 1.54) is 0 Å². The van der Waals surface area contributed by atoms with Gasteiger partial charge in [0, 0.05) is 49.6 Å². The van der Waals surface area contributed by atoms with Gasteiger partial charge in [0.25, 0.3) is 11.8 Å². The Labute approximate surface area is 221 Å². The van der Waals surface area contributed by atoms with Crippen LogP contribution in [-0.2, 0) is 20.7 Å². The summed E-state index contributed by atoms with van der Waals surface area (Å²) in [5, 5.41) is 14.6. The number of imide groups is 1. The monoisotopic (exact) mass is 508 g/mol. The van der Waals surface area contributed by atoms with Crippen molar-refractivity contribution in [1.82, 2.24) is 14.7 Å². The van der Waals surface area contributed by atoms with Crippen molar-refractivity contribution in [2.75, 3.05) is 20.3 Å². The van der Waals surface area contributed by atoms with Gasteiger partial charge < -0.3 is 9.47 Å². The topological polar surface area (TPSA) is 97.5 Å². The Bertz CT molecular complexity index is 1510. The summed E-state index contributed by atoms with van der Waals surface area (Å²) in [4.78, 5) is 27.6. The maximum atomic E-state index is 13.5. The molecule has 2 amide bonds.